The van der Waals surface area contributed by atoms with E-state index in [-0.39, 0.29) is 11.2 Å². The van der Waals surface area contributed by atoms with Crippen molar-refractivity contribution >= 4 is 21.7 Å². The highest BCUT2D eigenvalue weighted by Crippen LogP contribution is 2.26. The molecule has 112 valence electrons. The van der Waals surface area contributed by atoms with Gasteiger partial charge >= 0.3 is 0 Å². The fraction of sp³-hybridized carbons (Fsp3) is 0.0500. The second-order valence-electron chi connectivity index (χ2n) is 5.72. The number of aromatic hydroxyl groups is 1. The molecule has 1 heterocycles. The van der Waals surface area contributed by atoms with Gasteiger partial charge in [-0.15, -0.1) is 0 Å². The van der Waals surface area contributed by atoms with E-state index in [2.05, 4.69) is 25.1 Å². The number of benzene rings is 3. The molecule has 1 N–H and O–H groups in total. The maximum atomic E-state index is 12.7. The van der Waals surface area contributed by atoms with Crippen molar-refractivity contribution in [2.24, 2.45) is 0 Å². The van der Waals surface area contributed by atoms with Gasteiger partial charge < -0.3 is 9.52 Å². The Kier molecular flexibility index (Phi) is 2.95. The molecule has 4 rings (SSSR count). The van der Waals surface area contributed by atoms with Gasteiger partial charge in [-0.1, -0.05) is 35.9 Å². The van der Waals surface area contributed by atoms with Gasteiger partial charge in [0.25, 0.3) is 0 Å². The Bertz CT molecular complexity index is 1110. The zero-order valence-electron chi connectivity index (χ0n) is 12.5. The quantitative estimate of drug-likeness (QED) is 0.558. The molecule has 0 amide bonds. The van der Waals surface area contributed by atoms with Crippen molar-refractivity contribution in [3.63, 3.8) is 0 Å². The predicted molar refractivity (Wildman–Crippen MR) is 91.8 cm³/mol. The maximum Gasteiger partial charge on any atom is 0.200 e. The number of phenolic OH excluding ortho intramolecular Hbond substituents is 1. The SMILES string of the molecule is Cc1ccc2cc(-c3coc4cc(O)ccc4c3=O)ccc2c1. The summed E-state index contributed by atoms with van der Waals surface area (Å²) in [6.07, 6.45) is 1.46. The smallest absolute Gasteiger partial charge is 0.200 e. The zero-order valence-corrected chi connectivity index (χ0v) is 12.5. The molecule has 0 radical (unpaired) electrons. The molecule has 0 aliphatic heterocycles. The van der Waals surface area contributed by atoms with Crippen LogP contribution in [0.1, 0.15) is 5.56 Å². The van der Waals surface area contributed by atoms with E-state index in [9.17, 15) is 9.90 Å². The van der Waals surface area contributed by atoms with Crippen LogP contribution in [0.4, 0.5) is 0 Å². The van der Waals surface area contributed by atoms with Gasteiger partial charge in [0, 0.05) is 6.07 Å². The van der Waals surface area contributed by atoms with Crippen LogP contribution in [-0.4, -0.2) is 5.11 Å². The Morgan fingerprint density at radius 3 is 2.57 bits per heavy atom. The van der Waals surface area contributed by atoms with Crippen molar-refractivity contribution in [2.75, 3.05) is 0 Å². The van der Waals surface area contributed by atoms with Crippen LogP contribution in [0.2, 0.25) is 0 Å². The molecule has 0 unspecified atom stereocenters. The highest BCUT2D eigenvalue weighted by Gasteiger charge is 2.10. The van der Waals surface area contributed by atoms with E-state index in [1.165, 1.54) is 24.0 Å². The van der Waals surface area contributed by atoms with Crippen LogP contribution in [-0.2, 0) is 0 Å². The fourth-order valence-corrected chi connectivity index (χ4v) is 2.85. The summed E-state index contributed by atoms with van der Waals surface area (Å²) in [6.45, 7) is 2.06. The first-order chi connectivity index (χ1) is 11.1. The van der Waals surface area contributed by atoms with E-state index in [4.69, 9.17) is 4.42 Å². The third-order valence-corrected chi connectivity index (χ3v) is 4.06. The molecule has 1 aromatic heterocycles. The van der Waals surface area contributed by atoms with Gasteiger partial charge in [0.05, 0.1) is 10.9 Å². The molecule has 0 saturated carbocycles. The third kappa shape index (κ3) is 2.27. The summed E-state index contributed by atoms with van der Waals surface area (Å²) in [4.78, 5) is 12.7. The van der Waals surface area contributed by atoms with E-state index in [1.807, 2.05) is 18.2 Å². The molecular weight excluding hydrogens is 288 g/mol. The molecule has 0 saturated heterocycles. The molecule has 23 heavy (non-hydrogen) atoms. The zero-order chi connectivity index (χ0) is 16.0. The van der Waals surface area contributed by atoms with Crippen LogP contribution in [0.5, 0.6) is 5.75 Å². The van der Waals surface area contributed by atoms with Crippen LogP contribution in [0.25, 0.3) is 32.9 Å². The third-order valence-electron chi connectivity index (χ3n) is 4.06. The largest absolute Gasteiger partial charge is 0.508 e. The monoisotopic (exact) mass is 302 g/mol. The average molecular weight is 302 g/mol. The van der Waals surface area contributed by atoms with Crippen molar-refractivity contribution < 1.29 is 9.52 Å². The van der Waals surface area contributed by atoms with Gasteiger partial charge in [0.1, 0.15) is 17.6 Å². The van der Waals surface area contributed by atoms with Crippen molar-refractivity contribution in [3.8, 4) is 16.9 Å². The Morgan fingerprint density at radius 1 is 0.913 bits per heavy atom. The number of hydrogen-bond acceptors (Lipinski definition) is 3. The van der Waals surface area contributed by atoms with E-state index in [1.54, 1.807) is 6.07 Å². The topological polar surface area (TPSA) is 50.4 Å². The molecule has 3 aromatic carbocycles. The Morgan fingerprint density at radius 2 is 1.70 bits per heavy atom. The Balaban J connectivity index is 1.95. The van der Waals surface area contributed by atoms with E-state index in [0.29, 0.717) is 16.5 Å². The lowest BCUT2D eigenvalue weighted by Crippen LogP contribution is -2.04. The molecule has 0 spiro atoms. The van der Waals surface area contributed by atoms with Crippen LogP contribution >= 0.6 is 0 Å². The molecule has 0 aliphatic carbocycles. The fourth-order valence-electron chi connectivity index (χ4n) is 2.85. The van der Waals surface area contributed by atoms with Gasteiger partial charge in [0.15, 0.2) is 5.43 Å². The molecule has 0 aliphatic rings. The molecular formula is C20H14O3. The van der Waals surface area contributed by atoms with Crippen molar-refractivity contribution in [1.29, 1.82) is 0 Å². The molecule has 4 aromatic rings. The summed E-state index contributed by atoms with van der Waals surface area (Å²) in [5.74, 6) is 0.0782. The molecule has 3 heteroatoms. The van der Waals surface area contributed by atoms with Crippen LogP contribution in [0, 0.1) is 6.92 Å². The number of aryl methyl sites for hydroxylation is 1. The van der Waals surface area contributed by atoms with Crippen LogP contribution in [0.15, 0.2) is 70.1 Å². The lowest BCUT2D eigenvalue weighted by Gasteiger charge is -2.06. The average Bonchev–Trinajstić information content (AvgIpc) is 2.54. The second-order valence-corrected chi connectivity index (χ2v) is 5.72. The van der Waals surface area contributed by atoms with Crippen molar-refractivity contribution in [2.45, 2.75) is 6.92 Å². The highest BCUT2D eigenvalue weighted by molar-refractivity contribution is 5.89. The first kappa shape index (κ1) is 13.6. The maximum absolute atomic E-state index is 12.7. The molecule has 0 atom stereocenters. The number of hydrogen-bond donors (Lipinski definition) is 1. The van der Waals surface area contributed by atoms with Crippen LogP contribution < -0.4 is 5.43 Å². The number of rotatable bonds is 1. The van der Waals surface area contributed by atoms with E-state index in [0.717, 1.165) is 16.3 Å². The molecule has 0 fully saturated rings. The van der Waals surface area contributed by atoms with Gasteiger partial charge in [0.2, 0.25) is 0 Å². The van der Waals surface area contributed by atoms with Gasteiger partial charge in [-0.3, -0.25) is 4.79 Å². The Labute approximate surface area is 132 Å². The summed E-state index contributed by atoms with van der Waals surface area (Å²) >= 11 is 0. The predicted octanol–water partition coefficient (Wildman–Crippen LogP) is 4.63. The molecule has 0 bridgehead atoms. The summed E-state index contributed by atoms with van der Waals surface area (Å²) < 4.78 is 5.53. The number of phenols is 1. The van der Waals surface area contributed by atoms with E-state index < -0.39 is 0 Å². The standard InChI is InChI=1S/C20H14O3/c1-12-2-3-14-9-15(5-4-13(14)8-12)18-11-23-19-10-16(21)6-7-17(19)20(18)22/h2-11,21H,1H3. The minimum Gasteiger partial charge on any atom is -0.508 e. The van der Waals surface area contributed by atoms with Crippen molar-refractivity contribution in [1.82, 2.24) is 0 Å². The van der Waals surface area contributed by atoms with Crippen molar-refractivity contribution in [3.05, 3.63) is 76.6 Å². The summed E-state index contributed by atoms with van der Waals surface area (Å²) in [5.41, 5.74) is 2.83. The number of fused-ring (bicyclic) bond motifs is 2. The highest BCUT2D eigenvalue weighted by atomic mass is 16.3. The first-order valence-corrected chi connectivity index (χ1v) is 7.37. The van der Waals surface area contributed by atoms with Gasteiger partial charge in [-0.05, 0) is 41.5 Å². The van der Waals surface area contributed by atoms with E-state index >= 15 is 0 Å². The minimum atomic E-state index is -0.0993. The summed E-state index contributed by atoms with van der Waals surface area (Å²) in [7, 11) is 0. The van der Waals surface area contributed by atoms with Crippen LogP contribution in [0.3, 0.4) is 0 Å². The minimum absolute atomic E-state index is 0.0782. The Hall–Kier alpha value is -3.07. The molecule has 3 nitrogen and oxygen atoms in total. The first-order valence-electron chi connectivity index (χ1n) is 7.37. The lowest BCUT2D eigenvalue weighted by atomic mass is 10.0. The second kappa shape index (κ2) is 4.99. The van der Waals surface area contributed by atoms with Gasteiger partial charge in [-0.2, -0.15) is 0 Å². The van der Waals surface area contributed by atoms with Gasteiger partial charge in [-0.25, -0.2) is 0 Å². The normalized spacial score (nSPS) is 11.2. The summed E-state index contributed by atoms with van der Waals surface area (Å²) in [5, 5.41) is 12.2. The lowest BCUT2D eigenvalue weighted by molar-refractivity contribution is 0.474. The summed E-state index contributed by atoms with van der Waals surface area (Å²) in [6, 6.07) is 16.7.